The molecule has 124 valence electrons. The SMILES string of the molecule is CCC1CCN(C2CCC(C(C)(C)CC)CC2)C(CN)C1. The standard InChI is InChI=1S/C19H38N2/c1-5-15-11-12-21(18(13-15)14-20)17-9-7-16(8-10-17)19(3,4)6-2/h15-18H,5-14,20H2,1-4H3. The minimum absolute atomic E-state index is 0.535. The second-order valence-corrected chi connectivity index (χ2v) is 8.27. The summed E-state index contributed by atoms with van der Waals surface area (Å²) >= 11 is 0. The lowest BCUT2D eigenvalue weighted by Crippen LogP contribution is -2.52. The summed E-state index contributed by atoms with van der Waals surface area (Å²) in [4.78, 5) is 2.79. The van der Waals surface area contributed by atoms with Crippen molar-refractivity contribution < 1.29 is 0 Å². The molecular formula is C19H38N2. The Morgan fingerprint density at radius 2 is 1.71 bits per heavy atom. The number of piperidine rings is 1. The van der Waals surface area contributed by atoms with Crippen LogP contribution in [0.25, 0.3) is 0 Å². The fourth-order valence-electron chi connectivity index (χ4n) is 4.71. The molecule has 2 nitrogen and oxygen atoms in total. The molecule has 2 N–H and O–H groups in total. The van der Waals surface area contributed by atoms with Gasteiger partial charge in [-0.05, 0) is 62.3 Å². The van der Waals surface area contributed by atoms with Crippen molar-refractivity contribution >= 4 is 0 Å². The van der Waals surface area contributed by atoms with Crippen LogP contribution in [0.3, 0.4) is 0 Å². The maximum atomic E-state index is 6.09. The van der Waals surface area contributed by atoms with Crippen molar-refractivity contribution in [2.24, 2.45) is 23.0 Å². The Hall–Kier alpha value is -0.0800. The molecule has 0 radical (unpaired) electrons. The van der Waals surface area contributed by atoms with Crippen molar-refractivity contribution in [1.29, 1.82) is 0 Å². The van der Waals surface area contributed by atoms with Crippen molar-refractivity contribution in [1.82, 2.24) is 4.90 Å². The van der Waals surface area contributed by atoms with E-state index in [1.54, 1.807) is 0 Å². The third-order valence-corrected chi connectivity index (χ3v) is 6.90. The number of nitrogens with two attached hydrogens (primary N) is 1. The van der Waals surface area contributed by atoms with Gasteiger partial charge in [-0.3, -0.25) is 4.90 Å². The Kier molecular flexibility index (Phi) is 6.14. The number of rotatable bonds is 5. The van der Waals surface area contributed by atoms with Gasteiger partial charge in [-0.2, -0.15) is 0 Å². The molecule has 0 spiro atoms. The summed E-state index contributed by atoms with van der Waals surface area (Å²) < 4.78 is 0. The van der Waals surface area contributed by atoms with Gasteiger partial charge in [0.25, 0.3) is 0 Å². The largest absolute Gasteiger partial charge is 0.329 e. The number of hydrogen-bond acceptors (Lipinski definition) is 2. The van der Waals surface area contributed by atoms with Crippen LogP contribution in [0.2, 0.25) is 0 Å². The smallest absolute Gasteiger partial charge is 0.0223 e. The van der Waals surface area contributed by atoms with Gasteiger partial charge in [-0.15, -0.1) is 0 Å². The summed E-state index contributed by atoms with van der Waals surface area (Å²) in [6.45, 7) is 11.8. The molecule has 1 heterocycles. The Balaban J connectivity index is 1.89. The average molecular weight is 295 g/mol. The van der Waals surface area contributed by atoms with E-state index in [9.17, 15) is 0 Å². The summed E-state index contributed by atoms with van der Waals surface area (Å²) in [7, 11) is 0. The second kappa shape index (κ2) is 7.46. The summed E-state index contributed by atoms with van der Waals surface area (Å²) in [6.07, 6.45) is 11.0. The van der Waals surface area contributed by atoms with E-state index in [-0.39, 0.29) is 0 Å². The Bertz CT molecular complexity index is 305. The highest BCUT2D eigenvalue weighted by molar-refractivity contribution is 4.91. The van der Waals surface area contributed by atoms with Crippen molar-refractivity contribution in [2.75, 3.05) is 13.1 Å². The van der Waals surface area contributed by atoms with Crippen molar-refractivity contribution in [3.63, 3.8) is 0 Å². The second-order valence-electron chi connectivity index (χ2n) is 8.27. The van der Waals surface area contributed by atoms with Crippen molar-refractivity contribution in [3.8, 4) is 0 Å². The third kappa shape index (κ3) is 4.01. The first-order valence-electron chi connectivity index (χ1n) is 9.47. The normalized spacial score (nSPS) is 35.9. The van der Waals surface area contributed by atoms with Gasteiger partial charge in [-0.25, -0.2) is 0 Å². The molecule has 2 aliphatic rings. The van der Waals surface area contributed by atoms with Crippen molar-refractivity contribution in [3.05, 3.63) is 0 Å². The fourth-order valence-corrected chi connectivity index (χ4v) is 4.71. The van der Waals surface area contributed by atoms with Gasteiger partial charge in [-0.1, -0.05) is 40.5 Å². The summed E-state index contributed by atoms with van der Waals surface area (Å²) in [5, 5.41) is 0. The van der Waals surface area contributed by atoms with E-state index in [1.807, 2.05) is 0 Å². The first-order chi connectivity index (χ1) is 10.0. The van der Waals surface area contributed by atoms with Crippen LogP contribution >= 0.6 is 0 Å². The number of likely N-dealkylation sites (tertiary alicyclic amines) is 1. The molecule has 1 saturated carbocycles. The van der Waals surface area contributed by atoms with E-state index in [1.165, 1.54) is 57.9 Å². The molecular weight excluding hydrogens is 256 g/mol. The molecule has 2 rings (SSSR count). The summed E-state index contributed by atoms with van der Waals surface area (Å²) in [6, 6.07) is 1.48. The maximum absolute atomic E-state index is 6.09. The first kappa shape index (κ1) is 17.3. The fraction of sp³-hybridized carbons (Fsp3) is 1.00. The zero-order valence-corrected chi connectivity index (χ0v) is 14.9. The van der Waals surface area contributed by atoms with E-state index in [0.717, 1.165) is 24.4 Å². The minimum Gasteiger partial charge on any atom is -0.329 e. The molecule has 0 aromatic carbocycles. The van der Waals surface area contributed by atoms with Crippen LogP contribution in [0.5, 0.6) is 0 Å². The first-order valence-corrected chi connectivity index (χ1v) is 9.47. The van der Waals surface area contributed by atoms with Crippen LogP contribution in [-0.2, 0) is 0 Å². The molecule has 1 aliphatic heterocycles. The summed E-state index contributed by atoms with van der Waals surface area (Å²) in [5.41, 5.74) is 6.63. The third-order valence-electron chi connectivity index (χ3n) is 6.90. The van der Waals surface area contributed by atoms with E-state index < -0.39 is 0 Å². The lowest BCUT2D eigenvalue weighted by atomic mass is 9.68. The van der Waals surface area contributed by atoms with E-state index in [0.29, 0.717) is 11.5 Å². The quantitative estimate of drug-likeness (QED) is 0.812. The van der Waals surface area contributed by atoms with Gasteiger partial charge < -0.3 is 5.73 Å². The van der Waals surface area contributed by atoms with Gasteiger partial charge in [0.1, 0.15) is 0 Å². The van der Waals surface area contributed by atoms with Gasteiger partial charge in [0.2, 0.25) is 0 Å². The van der Waals surface area contributed by atoms with Crippen LogP contribution < -0.4 is 5.73 Å². The van der Waals surface area contributed by atoms with Gasteiger partial charge >= 0.3 is 0 Å². The lowest BCUT2D eigenvalue weighted by molar-refractivity contribution is 0.0283. The summed E-state index contributed by atoms with van der Waals surface area (Å²) in [5.74, 6) is 1.86. The van der Waals surface area contributed by atoms with Gasteiger partial charge in [0.05, 0.1) is 0 Å². The molecule has 2 fully saturated rings. The molecule has 1 aliphatic carbocycles. The highest BCUT2D eigenvalue weighted by atomic mass is 15.2. The lowest BCUT2D eigenvalue weighted by Gasteiger charge is -2.47. The van der Waals surface area contributed by atoms with Crippen LogP contribution in [0.15, 0.2) is 0 Å². The molecule has 0 aromatic rings. The topological polar surface area (TPSA) is 29.3 Å². The average Bonchev–Trinajstić information content (AvgIpc) is 2.54. The Morgan fingerprint density at radius 1 is 1.05 bits per heavy atom. The van der Waals surface area contributed by atoms with Crippen molar-refractivity contribution in [2.45, 2.75) is 91.1 Å². The van der Waals surface area contributed by atoms with Crippen LogP contribution in [0.1, 0.15) is 79.1 Å². The molecule has 2 unspecified atom stereocenters. The van der Waals surface area contributed by atoms with Crippen LogP contribution in [0.4, 0.5) is 0 Å². The Labute approximate surface area is 132 Å². The molecule has 0 amide bonds. The van der Waals surface area contributed by atoms with Gasteiger partial charge in [0, 0.05) is 18.6 Å². The minimum atomic E-state index is 0.535. The van der Waals surface area contributed by atoms with Crippen LogP contribution in [-0.4, -0.2) is 30.1 Å². The van der Waals surface area contributed by atoms with Crippen LogP contribution in [0, 0.1) is 17.3 Å². The zero-order valence-electron chi connectivity index (χ0n) is 14.9. The van der Waals surface area contributed by atoms with Gasteiger partial charge in [0.15, 0.2) is 0 Å². The molecule has 0 aromatic heterocycles. The molecule has 2 heteroatoms. The monoisotopic (exact) mass is 294 g/mol. The predicted molar refractivity (Wildman–Crippen MR) is 92.4 cm³/mol. The van der Waals surface area contributed by atoms with E-state index >= 15 is 0 Å². The Morgan fingerprint density at radius 3 is 2.24 bits per heavy atom. The molecule has 21 heavy (non-hydrogen) atoms. The number of nitrogens with zero attached hydrogens (tertiary/aromatic N) is 1. The molecule has 2 atom stereocenters. The predicted octanol–water partition coefficient (Wildman–Crippen LogP) is 4.43. The van der Waals surface area contributed by atoms with E-state index in [2.05, 4.69) is 32.6 Å². The zero-order chi connectivity index (χ0) is 15.5. The molecule has 1 saturated heterocycles. The maximum Gasteiger partial charge on any atom is 0.0223 e. The van der Waals surface area contributed by atoms with E-state index in [4.69, 9.17) is 5.73 Å². The highest BCUT2D eigenvalue weighted by Gasteiger charge is 2.37. The number of hydrogen-bond donors (Lipinski definition) is 1. The molecule has 0 bridgehead atoms. The highest BCUT2D eigenvalue weighted by Crippen LogP contribution is 2.42.